The number of alkyl halides is 5. The van der Waals surface area contributed by atoms with Gasteiger partial charge in [-0.25, -0.2) is 13.8 Å². The van der Waals surface area contributed by atoms with Gasteiger partial charge in [-0.1, -0.05) is 0 Å². The summed E-state index contributed by atoms with van der Waals surface area (Å²) in [5.41, 5.74) is 3.76. The van der Waals surface area contributed by atoms with Crippen LogP contribution < -0.4 is 10.5 Å². The lowest BCUT2D eigenvalue weighted by Crippen LogP contribution is -2.20. The van der Waals surface area contributed by atoms with Crippen LogP contribution in [-0.2, 0) is 13.2 Å². The fourth-order valence-electron chi connectivity index (χ4n) is 1.38. The van der Waals surface area contributed by atoms with Crippen molar-refractivity contribution in [1.29, 1.82) is 0 Å². The summed E-state index contributed by atoms with van der Waals surface area (Å²) in [7, 11) is 0. The van der Waals surface area contributed by atoms with Crippen molar-refractivity contribution in [2.24, 2.45) is 5.73 Å². The van der Waals surface area contributed by atoms with E-state index in [1.54, 1.807) is 0 Å². The fraction of sp³-hybridized carbons (Fsp3) is 0.444. The monoisotopic (exact) mass is 272 g/mol. The molecule has 0 aliphatic rings. The van der Waals surface area contributed by atoms with Crippen LogP contribution in [0.2, 0.25) is 0 Å². The highest BCUT2D eigenvalue weighted by Crippen LogP contribution is 2.35. The van der Waals surface area contributed by atoms with Crippen LogP contribution in [0.5, 0.6) is 5.88 Å². The number of aliphatic hydroxyl groups excluding tert-OH is 1. The molecule has 1 rings (SSSR count). The van der Waals surface area contributed by atoms with Gasteiger partial charge in [0.15, 0.2) is 0 Å². The summed E-state index contributed by atoms with van der Waals surface area (Å²) in [5, 5.41) is 8.88. The average Bonchev–Trinajstić information content (AvgIpc) is 2.25. The summed E-state index contributed by atoms with van der Waals surface area (Å²) < 4.78 is 64.9. The maximum atomic E-state index is 12.7. The molecule has 0 amide bonds. The molecule has 3 N–H and O–H groups in total. The van der Waals surface area contributed by atoms with Crippen molar-refractivity contribution in [3.63, 3.8) is 0 Å². The molecule has 18 heavy (non-hydrogen) atoms. The van der Waals surface area contributed by atoms with Crippen LogP contribution in [-0.4, -0.2) is 16.5 Å². The summed E-state index contributed by atoms with van der Waals surface area (Å²) in [5.74, 6) is -1.25. The number of ether oxygens (including phenoxy) is 1. The second kappa shape index (κ2) is 5.44. The van der Waals surface area contributed by atoms with Crippen LogP contribution in [0, 0.1) is 0 Å². The van der Waals surface area contributed by atoms with Crippen LogP contribution in [0.25, 0.3) is 0 Å². The second-order valence-electron chi connectivity index (χ2n) is 3.19. The number of pyridine rings is 1. The van der Waals surface area contributed by atoms with Gasteiger partial charge in [-0.15, -0.1) is 13.2 Å². The first kappa shape index (κ1) is 14.6. The van der Waals surface area contributed by atoms with Crippen LogP contribution in [0.15, 0.2) is 6.20 Å². The summed E-state index contributed by atoms with van der Waals surface area (Å²) in [4.78, 5) is 3.13. The molecule has 0 saturated carbocycles. The average molecular weight is 272 g/mol. The van der Waals surface area contributed by atoms with Gasteiger partial charge in [0.05, 0.1) is 12.2 Å². The van der Waals surface area contributed by atoms with Crippen molar-refractivity contribution < 1.29 is 31.8 Å². The lowest BCUT2D eigenvalue weighted by atomic mass is 10.0. The van der Waals surface area contributed by atoms with Crippen molar-refractivity contribution in [1.82, 2.24) is 4.98 Å². The van der Waals surface area contributed by atoms with Crippen LogP contribution >= 0.6 is 0 Å². The van der Waals surface area contributed by atoms with Gasteiger partial charge < -0.3 is 15.6 Å². The molecular formula is C9H9F5N2O2. The number of aliphatic hydroxyl groups is 1. The standard InChI is InChI=1S/C9H9F5N2O2/c10-7(11)6-5(1-15)4(3-17)2-16-8(6)18-9(12,13)14/h2,7,17H,1,3,15H2. The normalized spacial score (nSPS) is 12.0. The van der Waals surface area contributed by atoms with Gasteiger partial charge in [-0.2, -0.15) is 0 Å². The molecule has 0 unspecified atom stereocenters. The Bertz CT molecular complexity index is 422. The molecule has 0 fully saturated rings. The third kappa shape index (κ3) is 3.26. The van der Waals surface area contributed by atoms with Crippen molar-refractivity contribution in [2.75, 3.05) is 0 Å². The Hall–Kier alpha value is -1.48. The lowest BCUT2D eigenvalue weighted by Gasteiger charge is -2.16. The molecule has 0 saturated heterocycles. The van der Waals surface area contributed by atoms with Gasteiger partial charge in [0.1, 0.15) is 0 Å². The smallest absolute Gasteiger partial charge is 0.392 e. The Morgan fingerprint density at radius 2 is 2.00 bits per heavy atom. The summed E-state index contributed by atoms with van der Waals surface area (Å²) in [6.45, 7) is -1.13. The van der Waals surface area contributed by atoms with E-state index in [0.717, 1.165) is 6.20 Å². The van der Waals surface area contributed by atoms with E-state index in [1.807, 2.05) is 0 Å². The van der Waals surface area contributed by atoms with E-state index in [0.29, 0.717) is 0 Å². The first-order valence-electron chi connectivity index (χ1n) is 4.65. The van der Waals surface area contributed by atoms with Gasteiger partial charge in [-0.05, 0) is 5.56 Å². The Morgan fingerprint density at radius 1 is 1.39 bits per heavy atom. The minimum atomic E-state index is -5.14. The molecule has 1 heterocycles. The Labute approximate surface area is 98.2 Å². The molecule has 0 aromatic carbocycles. The predicted molar refractivity (Wildman–Crippen MR) is 49.7 cm³/mol. The number of hydrogen-bond donors (Lipinski definition) is 2. The van der Waals surface area contributed by atoms with Gasteiger partial charge in [0.2, 0.25) is 5.88 Å². The predicted octanol–water partition coefficient (Wildman–Crippen LogP) is 1.87. The second-order valence-corrected chi connectivity index (χ2v) is 3.19. The van der Waals surface area contributed by atoms with E-state index in [4.69, 9.17) is 10.8 Å². The zero-order valence-electron chi connectivity index (χ0n) is 8.84. The van der Waals surface area contributed by atoms with Gasteiger partial charge in [0.25, 0.3) is 6.43 Å². The minimum absolute atomic E-state index is 0.0673. The number of halogens is 5. The first-order chi connectivity index (χ1) is 8.30. The van der Waals surface area contributed by atoms with Crippen LogP contribution in [0.1, 0.15) is 23.1 Å². The van der Waals surface area contributed by atoms with Gasteiger partial charge >= 0.3 is 6.36 Å². The molecule has 1 aromatic heterocycles. The van der Waals surface area contributed by atoms with E-state index < -0.39 is 37.4 Å². The fourth-order valence-corrected chi connectivity index (χ4v) is 1.38. The Kier molecular flexibility index (Phi) is 4.41. The lowest BCUT2D eigenvalue weighted by molar-refractivity contribution is -0.276. The van der Waals surface area contributed by atoms with Crippen LogP contribution in [0.3, 0.4) is 0 Å². The molecule has 102 valence electrons. The van der Waals surface area contributed by atoms with Gasteiger partial charge in [-0.3, -0.25) is 0 Å². The number of rotatable bonds is 4. The summed E-state index contributed by atoms with van der Waals surface area (Å²) in [6, 6.07) is 0. The third-order valence-electron chi connectivity index (χ3n) is 2.09. The Morgan fingerprint density at radius 3 is 2.39 bits per heavy atom. The topological polar surface area (TPSA) is 68.4 Å². The molecular weight excluding hydrogens is 263 g/mol. The van der Waals surface area contributed by atoms with Crippen molar-refractivity contribution >= 4 is 0 Å². The van der Waals surface area contributed by atoms with Crippen LogP contribution in [0.4, 0.5) is 22.0 Å². The van der Waals surface area contributed by atoms with E-state index in [-0.39, 0.29) is 11.1 Å². The molecule has 0 aliphatic heterocycles. The highest BCUT2D eigenvalue weighted by atomic mass is 19.4. The van der Waals surface area contributed by atoms with Crippen molar-refractivity contribution in [3.05, 3.63) is 22.9 Å². The molecule has 4 nitrogen and oxygen atoms in total. The van der Waals surface area contributed by atoms with Crippen molar-refractivity contribution in [3.8, 4) is 5.88 Å². The van der Waals surface area contributed by atoms with Crippen molar-refractivity contribution in [2.45, 2.75) is 25.9 Å². The maximum Gasteiger partial charge on any atom is 0.574 e. The first-order valence-corrected chi connectivity index (χ1v) is 4.65. The summed E-state index contributed by atoms with van der Waals surface area (Å²) >= 11 is 0. The molecule has 0 bridgehead atoms. The van der Waals surface area contributed by atoms with E-state index in [1.165, 1.54) is 0 Å². The van der Waals surface area contributed by atoms with E-state index in [2.05, 4.69) is 9.72 Å². The SMILES string of the molecule is NCc1c(CO)cnc(OC(F)(F)F)c1C(F)F. The zero-order chi connectivity index (χ0) is 13.9. The molecule has 0 spiro atoms. The number of aromatic nitrogens is 1. The number of nitrogens with two attached hydrogens (primary N) is 1. The largest absolute Gasteiger partial charge is 0.574 e. The van der Waals surface area contributed by atoms with E-state index in [9.17, 15) is 22.0 Å². The van der Waals surface area contributed by atoms with Gasteiger partial charge in [0, 0.05) is 18.3 Å². The number of nitrogens with zero attached hydrogens (tertiary/aromatic N) is 1. The number of hydrogen-bond acceptors (Lipinski definition) is 4. The highest BCUT2D eigenvalue weighted by molar-refractivity contribution is 5.40. The zero-order valence-corrected chi connectivity index (χ0v) is 8.84. The maximum absolute atomic E-state index is 12.7. The molecule has 9 heteroatoms. The third-order valence-corrected chi connectivity index (χ3v) is 2.09. The molecule has 1 aromatic rings. The molecule has 0 radical (unpaired) electrons. The molecule has 0 aliphatic carbocycles. The Balaban J connectivity index is 3.35. The van der Waals surface area contributed by atoms with E-state index >= 15 is 0 Å². The quantitative estimate of drug-likeness (QED) is 0.821. The summed E-state index contributed by atoms with van der Waals surface area (Å²) in [6.07, 6.45) is -7.57. The molecule has 0 atom stereocenters. The highest BCUT2D eigenvalue weighted by Gasteiger charge is 2.35. The minimum Gasteiger partial charge on any atom is -0.392 e.